The topological polar surface area (TPSA) is 46.6 Å². The summed E-state index contributed by atoms with van der Waals surface area (Å²) in [7, 11) is 1.53. The van der Waals surface area contributed by atoms with Gasteiger partial charge in [0, 0.05) is 30.6 Å². The predicted octanol–water partition coefficient (Wildman–Crippen LogP) is 3.61. The molecule has 0 aliphatic carbocycles. The molecule has 0 spiro atoms. The fourth-order valence-electron chi connectivity index (χ4n) is 3.05. The number of likely N-dealkylation sites (N-methyl/N-ethyl adjacent to an activating group) is 1. The van der Waals surface area contributed by atoms with E-state index in [9.17, 15) is 14.0 Å². The summed E-state index contributed by atoms with van der Waals surface area (Å²) in [6, 6.07) is 11.4. The molecule has 1 atom stereocenters. The highest BCUT2D eigenvalue weighted by molar-refractivity contribution is 6.31. The molecule has 1 aliphatic rings. The Hall–Kier alpha value is -2.40. The van der Waals surface area contributed by atoms with Crippen molar-refractivity contribution in [2.24, 2.45) is 0 Å². The van der Waals surface area contributed by atoms with Crippen molar-refractivity contribution in [2.45, 2.75) is 25.5 Å². The van der Waals surface area contributed by atoms with Crippen molar-refractivity contribution in [3.63, 3.8) is 0 Å². The predicted molar refractivity (Wildman–Crippen MR) is 91.9 cm³/mol. The second-order valence-electron chi connectivity index (χ2n) is 6.32. The van der Waals surface area contributed by atoms with Crippen LogP contribution in [0.3, 0.4) is 0 Å². The summed E-state index contributed by atoms with van der Waals surface area (Å²) in [4.78, 5) is 26.4. The molecule has 0 fully saturated rings. The Bertz CT molecular complexity index is 834. The van der Waals surface area contributed by atoms with Crippen molar-refractivity contribution >= 4 is 23.5 Å². The molecule has 0 radical (unpaired) electrons. The Labute approximate surface area is 150 Å². The average molecular weight is 362 g/mol. The molecule has 0 saturated carbocycles. The van der Waals surface area contributed by atoms with E-state index in [4.69, 9.17) is 16.3 Å². The lowest BCUT2D eigenvalue weighted by molar-refractivity contribution is -0.150. The lowest BCUT2D eigenvalue weighted by Crippen LogP contribution is -2.52. The number of nitrogens with zero attached hydrogens (tertiary/aromatic N) is 1. The van der Waals surface area contributed by atoms with Gasteiger partial charge in [0.15, 0.2) is 5.60 Å². The fraction of sp³-hybridized carbons (Fsp3) is 0.263. The number of carbonyl (C=O) groups is 2. The Balaban J connectivity index is 1.84. The lowest BCUT2D eigenvalue weighted by Gasteiger charge is -2.36. The Morgan fingerprint density at radius 1 is 1.28 bits per heavy atom. The van der Waals surface area contributed by atoms with Gasteiger partial charge in [0.05, 0.1) is 5.56 Å². The van der Waals surface area contributed by atoms with E-state index in [1.807, 2.05) is 6.07 Å². The fourth-order valence-corrected chi connectivity index (χ4v) is 3.27. The summed E-state index contributed by atoms with van der Waals surface area (Å²) in [5.74, 6) is -1.42. The Morgan fingerprint density at radius 3 is 2.72 bits per heavy atom. The SMILES string of the molecule is CN(Cc1c(F)cccc1Cl)C(=O)C1(C)Cc2ccccc2C(=O)O1. The standard InChI is InChI=1S/C19H17ClFNO3/c1-19(10-12-6-3-4-7-13(12)17(23)25-19)18(24)22(2)11-14-15(20)8-5-9-16(14)21/h3-9H,10-11H2,1-2H3. The van der Waals surface area contributed by atoms with Crippen LogP contribution in [0.2, 0.25) is 5.02 Å². The molecule has 25 heavy (non-hydrogen) atoms. The van der Waals surface area contributed by atoms with Crippen LogP contribution in [-0.2, 0) is 22.5 Å². The number of esters is 1. The molecule has 6 heteroatoms. The van der Waals surface area contributed by atoms with E-state index in [0.29, 0.717) is 5.56 Å². The highest BCUT2D eigenvalue weighted by Crippen LogP contribution is 2.30. The van der Waals surface area contributed by atoms with Gasteiger partial charge >= 0.3 is 5.97 Å². The number of amides is 1. The van der Waals surface area contributed by atoms with Gasteiger partial charge in [-0.1, -0.05) is 35.9 Å². The third kappa shape index (κ3) is 3.24. The van der Waals surface area contributed by atoms with Gasteiger partial charge in [-0.3, -0.25) is 4.79 Å². The van der Waals surface area contributed by atoms with Gasteiger partial charge in [-0.2, -0.15) is 0 Å². The second-order valence-corrected chi connectivity index (χ2v) is 6.72. The van der Waals surface area contributed by atoms with Crippen molar-refractivity contribution in [1.82, 2.24) is 4.90 Å². The number of fused-ring (bicyclic) bond motifs is 1. The number of ether oxygens (including phenoxy) is 1. The van der Waals surface area contributed by atoms with Crippen LogP contribution >= 0.6 is 11.6 Å². The Morgan fingerprint density at radius 2 is 2.00 bits per heavy atom. The quantitative estimate of drug-likeness (QED) is 0.785. The minimum absolute atomic E-state index is 0.0148. The van der Waals surface area contributed by atoms with Gasteiger partial charge in [-0.05, 0) is 30.7 Å². The van der Waals surface area contributed by atoms with Crippen LogP contribution in [0.15, 0.2) is 42.5 Å². The second kappa shape index (κ2) is 6.48. The van der Waals surface area contributed by atoms with Gasteiger partial charge in [-0.25, -0.2) is 9.18 Å². The van der Waals surface area contributed by atoms with Crippen LogP contribution in [0.25, 0.3) is 0 Å². The number of hydrogen-bond donors (Lipinski definition) is 0. The maximum absolute atomic E-state index is 14.0. The van der Waals surface area contributed by atoms with E-state index in [2.05, 4.69) is 0 Å². The van der Waals surface area contributed by atoms with E-state index in [-0.39, 0.29) is 23.6 Å². The molecule has 2 aromatic carbocycles. The molecular formula is C19H17ClFNO3. The first-order chi connectivity index (χ1) is 11.8. The van der Waals surface area contributed by atoms with E-state index in [1.54, 1.807) is 31.2 Å². The maximum atomic E-state index is 14.0. The van der Waals surface area contributed by atoms with Crippen LogP contribution in [0.4, 0.5) is 4.39 Å². The first-order valence-electron chi connectivity index (χ1n) is 7.81. The molecule has 0 saturated heterocycles. The van der Waals surface area contributed by atoms with E-state index >= 15 is 0 Å². The first-order valence-corrected chi connectivity index (χ1v) is 8.19. The summed E-state index contributed by atoms with van der Waals surface area (Å²) >= 11 is 6.03. The summed E-state index contributed by atoms with van der Waals surface area (Å²) in [5, 5.41) is 0.246. The molecule has 1 amide bonds. The molecule has 4 nitrogen and oxygen atoms in total. The van der Waals surface area contributed by atoms with Gasteiger partial charge in [0.25, 0.3) is 5.91 Å². The van der Waals surface area contributed by atoms with Gasteiger partial charge in [0.1, 0.15) is 5.82 Å². The zero-order chi connectivity index (χ0) is 18.2. The lowest BCUT2D eigenvalue weighted by atomic mass is 9.89. The van der Waals surface area contributed by atoms with Crippen molar-refractivity contribution in [3.05, 3.63) is 70.0 Å². The largest absolute Gasteiger partial charge is 0.445 e. The molecule has 2 aromatic rings. The summed E-state index contributed by atoms with van der Waals surface area (Å²) in [6.45, 7) is 1.56. The van der Waals surface area contributed by atoms with Crippen LogP contribution in [0, 0.1) is 5.82 Å². The smallest absolute Gasteiger partial charge is 0.339 e. The van der Waals surface area contributed by atoms with Crippen LogP contribution in [0.1, 0.15) is 28.4 Å². The molecule has 1 heterocycles. The zero-order valence-electron chi connectivity index (χ0n) is 13.9. The van der Waals surface area contributed by atoms with Crippen molar-refractivity contribution in [1.29, 1.82) is 0 Å². The minimum Gasteiger partial charge on any atom is -0.445 e. The van der Waals surface area contributed by atoms with Crippen LogP contribution < -0.4 is 0 Å². The monoisotopic (exact) mass is 361 g/mol. The van der Waals surface area contributed by atoms with Crippen LogP contribution in [-0.4, -0.2) is 29.4 Å². The van der Waals surface area contributed by atoms with Crippen molar-refractivity contribution in [2.75, 3.05) is 7.05 Å². The molecule has 1 aliphatic heterocycles. The average Bonchev–Trinajstić information content (AvgIpc) is 2.57. The van der Waals surface area contributed by atoms with Crippen molar-refractivity contribution < 1.29 is 18.7 Å². The van der Waals surface area contributed by atoms with Gasteiger partial charge in [-0.15, -0.1) is 0 Å². The minimum atomic E-state index is -1.34. The number of halogens is 2. The third-order valence-corrected chi connectivity index (χ3v) is 4.69. The number of cyclic esters (lactones) is 1. The number of rotatable bonds is 3. The maximum Gasteiger partial charge on any atom is 0.339 e. The summed E-state index contributed by atoms with van der Waals surface area (Å²) < 4.78 is 19.4. The van der Waals surface area contributed by atoms with E-state index in [0.717, 1.165) is 5.56 Å². The summed E-state index contributed by atoms with van der Waals surface area (Å²) in [5.41, 5.74) is 0.114. The molecule has 1 unspecified atom stereocenters. The first kappa shape index (κ1) is 17.4. The highest BCUT2D eigenvalue weighted by atomic mass is 35.5. The number of benzene rings is 2. The molecular weight excluding hydrogens is 345 g/mol. The van der Waals surface area contributed by atoms with Gasteiger partial charge < -0.3 is 9.64 Å². The molecule has 0 aromatic heterocycles. The number of carbonyl (C=O) groups excluding carboxylic acids is 2. The van der Waals surface area contributed by atoms with E-state index < -0.39 is 23.3 Å². The molecule has 0 N–H and O–H groups in total. The molecule has 0 bridgehead atoms. The van der Waals surface area contributed by atoms with Crippen LogP contribution in [0.5, 0.6) is 0 Å². The van der Waals surface area contributed by atoms with Crippen molar-refractivity contribution in [3.8, 4) is 0 Å². The highest BCUT2D eigenvalue weighted by Gasteiger charge is 2.44. The molecule has 3 rings (SSSR count). The van der Waals surface area contributed by atoms with Gasteiger partial charge in [0.2, 0.25) is 0 Å². The Kier molecular flexibility index (Phi) is 4.52. The normalized spacial score (nSPS) is 19.1. The number of hydrogen-bond acceptors (Lipinski definition) is 3. The summed E-state index contributed by atoms with van der Waals surface area (Å²) in [6.07, 6.45) is 0.267. The van der Waals surface area contributed by atoms with E-state index in [1.165, 1.54) is 24.1 Å². The molecule has 130 valence electrons. The zero-order valence-corrected chi connectivity index (χ0v) is 14.6. The third-order valence-electron chi connectivity index (χ3n) is 4.34.